The first kappa shape index (κ1) is 94.2. The Labute approximate surface area is 637 Å². The number of benzene rings is 2. The van der Waals surface area contributed by atoms with Crippen LogP contribution in [0.3, 0.4) is 0 Å². The maximum absolute atomic E-state index is 13.1. The zero-order valence-electron chi connectivity index (χ0n) is 64.1. The maximum Gasteiger partial charge on any atom is 0.358 e. The molecule has 8 rings (SSSR count). The van der Waals surface area contributed by atoms with Crippen LogP contribution in [0.25, 0.3) is 0 Å². The number of aryl methyl sites for hydroxylation is 3. The second kappa shape index (κ2) is 49.8. The number of ketones is 1. The van der Waals surface area contributed by atoms with Gasteiger partial charge in [-0.15, -0.1) is 0 Å². The first-order chi connectivity index (χ1) is 50.7. The average Bonchev–Trinajstić information content (AvgIpc) is 0.754. The van der Waals surface area contributed by atoms with Gasteiger partial charge in [-0.05, 0) is 154 Å². The average molecular weight is 1530 g/mol. The van der Waals surface area contributed by atoms with E-state index in [0.717, 1.165) is 42.5 Å². The molecule has 576 valence electrons. The van der Waals surface area contributed by atoms with Gasteiger partial charge in [-0.25, -0.2) is 38.1 Å². The highest BCUT2D eigenvalue weighted by Gasteiger charge is 2.35. The van der Waals surface area contributed by atoms with Crippen molar-refractivity contribution in [2.75, 3.05) is 37.5 Å². The Balaban J connectivity index is 0.000000637. The SMILES string of the molecule is CCC(=O)/C(C)=C(\O)CC.CCC/C(O)=C(\C)C#N.CCCCN1/C(=C(/C)C(=O)Nc2ccccc2)Nc2ccccc2S1(=O)=O.CCCCn1c(O)c(C)c(C)c(C#N)c1=O.CCOC(=O)c1cnc(C)cn1.COCCCn1c(O)c(C)c(C)c(C#N)c1=O.Cc1cnc(Cl)nc1Cl.Cc1cncnc1. The van der Waals surface area contributed by atoms with Gasteiger partial charge in [0.05, 0.1) is 47.2 Å². The molecule has 7 aromatic rings. The molecular weight excluding hydrogens is 1430 g/mol. The molecule has 0 radical (unpaired) electrons. The summed E-state index contributed by atoms with van der Waals surface area (Å²) < 4.78 is 39.7. The van der Waals surface area contributed by atoms with Gasteiger partial charge in [-0.3, -0.25) is 37.6 Å². The highest BCUT2D eigenvalue weighted by Crippen LogP contribution is 2.35. The number of anilines is 2. The lowest BCUT2D eigenvalue weighted by atomic mass is 10.1. The molecule has 6 heterocycles. The van der Waals surface area contributed by atoms with Gasteiger partial charge in [-0.1, -0.05) is 89.4 Å². The van der Waals surface area contributed by atoms with Crippen molar-refractivity contribution in [2.45, 2.75) is 187 Å². The van der Waals surface area contributed by atoms with Gasteiger partial charge in [0.2, 0.25) is 5.28 Å². The molecule has 5 aromatic heterocycles. The van der Waals surface area contributed by atoms with Crippen molar-refractivity contribution < 1.29 is 52.7 Å². The van der Waals surface area contributed by atoms with Crippen molar-refractivity contribution >= 4 is 62.3 Å². The molecule has 0 bridgehead atoms. The topological polar surface area (TPSA) is 405 Å². The number of amides is 1. The number of aliphatic hydroxyl groups is 2. The number of esters is 1. The van der Waals surface area contributed by atoms with E-state index in [9.17, 15) is 42.6 Å². The number of rotatable bonds is 19. The lowest BCUT2D eigenvalue weighted by molar-refractivity contribution is -0.115. The molecule has 0 spiro atoms. The Hall–Kier alpha value is -10.8. The fraction of sp³-hybridized carbons (Fsp3) is 0.403. The molecule has 2 aromatic carbocycles. The number of aromatic nitrogens is 8. The lowest BCUT2D eigenvalue weighted by Crippen LogP contribution is -2.40. The van der Waals surface area contributed by atoms with Gasteiger partial charge in [0, 0.05) is 105 Å². The van der Waals surface area contributed by atoms with Gasteiger partial charge in [0.1, 0.15) is 51.2 Å². The van der Waals surface area contributed by atoms with Crippen molar-refractivity contribution in [3.05, 3.63) is 213 Å². The molecular formula is C77H100Cl2N14O13S. The number of hydrogen-bond acceptors (Lipinski definition) is 23. The molecule has 27 nitrogen and oxygen atoms in total. The van der Waals surface area contributed by atoms with Crippen LogP contribution in [0.4, 0.5) is 11.4 Å². The smallest absolute Gasteiger partial charge is 0.358 e. The molecule has 1 aliphatic rings. The van der Waals surface area contributed by atoms with Crippen LogP contribution in [0.1, 0.15) is 181 Å². The number of aliphatic hydroxyl groups excluding tert-OH is 2. The summed E-state index contributed by atoms with van der Waals surface area (Å²) in [4.78, 5) is 81.4. The second-order valence-electron chi connectivity index (χ2n) is 23.5. The predicted octanol–water partition coefficient (Wildman–Crippen LogP) is 14.9. The van der Waals surface area contributed by atoms with Crippen molar-refractivity contribution in [2.24, 2.45) is 0 Å². The van der Waals surface area contributed by atoms with Gasteiger partial charge in [0.15, 0.2) is 23.2 Å². The van der Waals surface area contributed by atoms with E-state index in [1.165, 1.54) is 32.2 Å². The summed E-state index contributed by atoms with van der Waals surface area (Å²) in [6.07, 6.45) is 16.0. The van der Waals surface area contributed by atoms with E-state index in [1.807, 2.05) is 84.9 Å². The molecule has 1 aliphatic heterocycles. The minimum Gasteiger partial charge on any atom is -0.512 e. The first-order valence-electron chi connectivity index (χ1n) is 34.4. The number of para-hydroxylation sites is 2. The van der Waals surface area contributed by atoms with Crippen molar-refractivity contribution in [3.8, 4) is 30.0 Å². The Kier molecular flexibility index (Phi) is 43.8. The van der Waals surface area contributed by atoms with Crippen LogP contribution in [-0.2, 0) is 42.2 Å². The van der Waals surface area contributed by atoms with Gasteiger partial charge in [-0.2, -0.15) is 15.8 Å². The number of sulfonamides is 1. The molecule has 6 N–H and O–H groups in total. The van der Waals surface area contributed by atoms with E-state index >= 15 is 0 Å². The Morgan fingerprint density at radius 3 is 1.65 bits per heavy atom. The molecule has 0 saturated carbocycles. The minimum atomic E-state index is -3.72. The molecule has 0 unspecified atom stereocenters. The van der Waals surface area contributed by atoms with Gasteiger partial charge in [0.25, 0.3) is 27.0 Å². The van der Waals surface area contributed by atoms with Crippen LogP contribution in [0.15, 0.2) is 140 Å². The monoisotopic (exact) mass is 1530 g/mol. The number of aromatic hydroxyl groups is 2. The summed E-state index contributed by atoms with van der Waals surface area (Å²) in [6.45, 7) is 30.5. The van der Waals surface area contributed by atoms with E-state index < -0.39 is 27.1 Å². The number of nitriles is 3. The number of hydrogen-bond donors (Lipinski definition) is 6. The van der Waals surface area contributed by atoms with Crippen LogP contribution >= 0.6 is 23.2 Å². The molecule has 0 fully saturated rings. The van der Waals surface area contributed by atoms with Crippen LogP contribution in [0.5, 0.6) is 11.8 Å². The number of carbonyl (C=O) groups is 3. The third-order valence-corrected chi connectivity index (χ3v) is 17.9. The summed E-state index contributed by atoms with van der Waals surface area (Å²) in [7, 11) is -2.15. The number of unbranched alkanes of at least 4 members (excludes halogenated alkanes) is 2. The Morgan fingerprint density at radius 1 is 0.664 bits per heavy atom. The van der Waals surface area contributed by atoms with Gasteiger partial charge >= 0.3 is 5.97 Å². The minimum absolute atomic E-state index is 0.0186. The molecule has 30 heteroatoms. The fourth-order valence-electron chi connectivity index (χ4n) is 8.81. The van der Waals surface area contributed by atoms with E-state index in [4.69, 9.17) is 58.7 Å². The Bertz CT molecular complexity index is 4530. The highest BCUT2D eigenvalue weighted by atomic mass is 35.5. The molecule has 1 amide bonds. The number of fused-ring (bicyclic) bond motifs is 1. The first-order valence-corrected chi connectivity index (χ1v) is 36.5. The summed E-state index contributed by atoms with van der Waals surface area (Å²) in [5, 5.41) is 70.5. The number of nitrogens with zero attached hydrogens (tertiary/aromatic N) is 12. The number of nitrogens with one attached hydrogen (secondary N) is 2. The third kappa shape index (κ3) is 30.7. The second-order valence-corrected chi connectivity index (χ2v) is 26.0. The molecule has 0 aliphatic carbocycles. The number of Topliss-reactive ketones (excluding diaryl/α,β-unsaturated/α-hetero) is 1. The van der Waals surface area contributed by atoms with Crippen LogP contribution in [0, 0.1) is 82.5 Å². The van der Waals surface area contributed by atoms with Crippen LogP contribution in [-0.4, -0.2) is 117 Å². The summed E-state index contributed by atoms with van der Waals surface area (Å²) in [5.41, 5.74) is 7.02. The third-order valence-electron chi connectivity index (χ3n) is 15.5. The zero-order valence-corrected chi connectivity index (χ0v) is 66.4. The predicted molar refractivity (Wildman–Crippen MR) is 414 cm³/mol. The number of pyridine rings is 2. The van der Waals surface area contributed by atoms with E-state index in [-0.39, 0.29) is 62.0 Å². The highest BCUT2D eigenvalue weighted by molar-refractivity contribution is 7.89. The van der Waals surface area contributed by atoms with Crippen molar-refractivity contribution in [3.63, 3.8) is 0 Å². The van der Waals surface area contributed by atoms with Crippen molar-refractivity contribution in [1.82, 2.24) is 43.3 Å². The fourth-order valence-corrected chi connectivity index (χ4v) is 10.8. The van der Waals surface area contributed by atoms with E-state index in [0.29, 0.717) is 126 Å². The van der Waals surface area contributed by atoms with Crippen LogP contribution in [0.2, 0.25) is 10.4 Å². The quantitative estimate of drug-likeness (QED) is 0.00833. The normalized spacial score (nSPS) is 12.1. The zero-order chi connectivity index (χ0) is 81.1. The van der Waals surface area contributed by atoms with Crippen molar-refractivity contribution in [1.29, 1.82) is 15.8 Å². The summed E-state index contributed by atoms with van der Waals surface area (Å²) in [6, 6.07) is 21.5. The number of allylic oxidation sites excluding steroid dienone is 4. The summed E-state index contributed by atoms with van der Waals surface area (Å²) in [5.74, 6) is -0.0934. The standard InChI is InChI=1S/C20H23N3O3S.C12H16N2O3.C12H16N2O2.C8H10N2O2.C8H14O2.C7H11NO.C5H4Cl2N2.C5H6N2/c1-3-4-14-23-19(15(2)20(24)21-16-10-6-5-7-11-16)22-17-12-8-9-13-18(17)27(23,25)26;1-8-9(2)11(15)14(5-4-6-17-3)12(16)10(8)7-13;1-4-5-6-14-11(15)9(3)8(2)10(7-13)12(14)16;1-3-12-8(11)7-5-9-6(2)4-10-7;1-4-7(9)6(3)8(10)5-2;1-3-4-7(9)6(2)5-8;1-3-2-8-5(7)9-4(3)6;1-5-2-6-4-7-3-5/h5-13,22H,3-4,14H2,1-2H3,(H,21,24);15H,4-6H2,1-3H3;15H,4-6H2,1-3H3;4-5H,3H2,1-2H3;9H,4-5H2,1-3H3;9H,3-4H2,1-2H3;2H,1H3;2-4H,1H3/b19-15-;;;;2*7-6-;;. The molecule has 0 saturated heterocycles. The van der Waals surface area contributed by atoms with Gasteiger partial charge < -0.3 is 40.5 Å². The Morgan fingerprint density at radius 2 is 1.21 bits per heavy atom. The number of halogens is 2. The number of methoxy groups -OCH3 is 1. The van der Waals surface area contributed by atoms with Crippen LogP contribution < -0.4 is 21.8 Å². The largest absolute Gasteiger partial charge is 0.512 e. The summed E-state index contributed by atoms with van der Waals surface area (Å²) >= 11 is 11.0. The molecule has 0 atom stereocenters. The maximum atomic E-state index is 13.1. The number of carbonyl (C=O) groups excluding carboxylic acids is 3. The molecule has 107 heavy (non-hydrogen) atoms. The number of ether oxygens (including phenoxy) is 2. The van der Waals surface area contributed by atoms with E-state index in [1.54, 1.807) is 124 Å². The van der Waals surface area contributed by atoms with E-state index in [2.05, 4.69) is 40.5 Å². The lowest BCUT2D eigenvalue weighted by Gasteiger charge is -2.34.